The first-order valence-electron chi connectivity index (χ1n) is 6.15. The monoisotopic (exact) mass is 282 g/mol. The topological polar surface area (TPSA) is 59.6 Å². The standard InChI is InChI=1S/C11H24FN2O3P/c1-3-13-4-5-16-6-7-17-9(2)10(12)8-14-11(15)18/h9-10,13H,3-8,18H2,1-2H3,(H,14,15). The van der Waals surface area contributed by atoms with Crippen molar-refractivity contribution in [1.29, 1.82) is 0 Å². The molecule has 0 saturated heterocycles. The zero-order valence-corrected chi connectivity index (χ0v) is 12.2. The lowest BCUT2D eigenvalue weighted by molar-refractivity contribution is -0.0197. The Morgan fingerprint density at radius 1 is 1.39 bits per heavy atom. The fourth-order valence-corrected chi connectivity index (χ4v) is 1.30. The van der Waals surface area contributed by atoms with Crippen LogP contribution < -0.4 is 10.6 Å². The molecule has 0 rings (SSSR count). The summed E-state index contributed by atoms with van der Waals surface area (Å²) in [6.45, 7) is 6.76. The van der Waals surface area contributed by atoms with Gasteiger partial charge in [0.05, 0.1) is 32.5 Å². The average molecular weight is 282 g/mol. The summed E-state index contributed by atoms with van der Waals surface area (Å²) in [5.41, 5.74) is -0.323. The molecule has 7 heteroatoms. The number of nitrogens with one attached hydrogen (secondary N) is 2. The smallest absolute Gasteiger partial charge is 0.234 e. The lowest BCUT2D eigenvalue weighted by atomic mass is 10.2. The highest BCUT2D eigenvalue weighted by molar-refractivity contribution is 7.39. The van der Waals surface area contributed by atoms with Gasteiger partial charge in [-0.2, -0.15) is 0 Å². The SMILES string of the molecule is CCNCCOCCOC(C)C(F)CNC(=O)P. The Bertz CT molecular complexity index is 222. The van der Waals surface area contributed by atoms with Crippen molar-refractivity contribution in [2.24, 2.45) is 0 Å². The van der Waals surface area contributed by atoms with Gasteiger partial charge in [-0.25, -0.2) is 4.39 Å². The van der Waals surface area contributed by atoms with Crippen molar-refractivity contribution in [1.82, 2.24) is 10.6 Å². The van der Waals surface area contributed by atoms with Gasteiger partial charge in [-0.1, -0.05) is 6.92 Å². The molecule has 0 bridgehead atoms. The summed E-state index contributed by atoms with van der Waals surface area (Å²) in [6.07, 6.45) is -1.77. The van der Waals surface area contributed by atoms with E-state index in [4.69, 9.17) is 9.47 Å². The minimum absolute atomic E-state index is 0.0369. The summed E-state index contributed by atoms with van der Waals surface area (Å²) in [4.78, 5) is 10.6. The van der Waals surface area contributed by atoms with Crippen LogP contribution in [0, 0.1) is 0 Å². The maximum Gasteiger partial charge on any atom is 0.234 e. The van der Waals surface area contributed by atoms with E-state index in [9.17, 15) is 9.18 Å². The number of ether oxygens (including phenoxy) is 2. The van der Waals surface area contributed by atoms with Crippen molar-refractivity contribution >= 4 is 14.9 Å². The number of amides is 1. The lowest BCUT2D eigenvalue weighted by Gasteiger charge is -2.17. The Kier molecular flexibility index (Phi) is 11.6. The predicted octanol–water partition coefficient (Wildman–Crippen LogP) is 0.940. The van der Waals surface area contributed by atoms with Crippen molar-refractivity contribution in [3.63, 3.8) is 0 Å². The molecule has 108 valence electrons. The minimum Gasteiger partial charge on any atom is -0.378 e. The zero-order valence-electron chi connectivity index (χ0n) is 11.1. The van der Waals surface area contributed by atoms with Gasteiger partial charge in [0.2, 0.25) is 5.65 Å². The Balaban J connectivity index is 3.40. The maximum absolute atomic E-state index is 13.4. The van der Waals surface area contributed by atoms with E-state index in [0.29, 0.717) is 19.8 Å². The first-order chi connectivity index (χ1) is 8.57. The van der Waals surface area contributed by atoms with Crippen molar-refractivity contribution in [2.75, 3.05) is 39.5 Å². The Hall–Kier alpha value is -0.290. The van der Waals surface area contributed by atoms with Crippen LogP contribution >= 0.6 is 9.24 Å². The quantitative estimate of drug-likeness (QED) is 0.437. The summed E-state index contributed by atoms with van der Waals surface area (Å²) >= 11 is 0. The molecule has 0 radical (unpaired) electrons. The molecule has 0 aliphatic heterocycles. The molecule has 0 aromatic heterocycles. The van der Waals surface area contributed by atoms with Gasteiger partial charge >= 0.3 is 0 Å². The normalized spacial score (nSPS) is 14.2. The largest absolute Gasteiger partial charge is 0.378 e. The van der Waals surface area contributed by atoms with Crippen molar-refractivity contribution in [3.05, 3.63) is 0 Å². The van der Waals surface area contributed by atoms with E-state index in [1.807, 2.05) is 16.2 Å². The van der Waals surface area contributed by atoms with Crippen molar-refractivity contribution in [3.8, 4) is 0 Å². The molecule has 2 N–H and O–H groups in total. The van der Waals surface area contributed by atoms with Crippen LogP contribution in [-0.2, 0) is 9.47 Å². The molecule has 0 aromatic rings. The first-order valence-corrected chi connectivity index (χ1v) is 6.73. The summed E-state index contributed by atoms with van der Waals surface area (Å²) < 4.78 is 24.0. The van der Waals surface area contributed by atoms with Gasteiger partial charge in [0, 0.05) is 6.54 Å². The average Bonchev–Trinajstić information content (AvgIpc) is 2.34. The third-order valence-electron chi connectivity index (χ3n) is 2.26. The van der Waals surface area contributed by atoms with E-state index in [-0.39, 0.29) is 12.2 Å². The van der Waals surface area contributed by atoms with Crippen molar-refractivity contribution in [2.45, 2.75) is 26.1 Å². The fraction of sp³-hybridized carbons (Fsp3) is 0.909. The third kappa shape index (κ3) is 10.8. The second kappa shape index (κ2) is 11.8. The molecule has 3 unspecified atom stereocenters. The van der Waals surface area contributed by atoms with Crippen LogP contribution in [0.15, 0.2) is 0 Å². The number of alkyl halides is 1. The van der Waals surface area contributed by atoms with E-state index in [1.165, 1.54) is 0 Å². The maximum atomic E-state index is 13.4. The molecule has 3 atom stereocenters. The fourth-order valence-electron chi connectivity index (χ4n) is 1.18. The molecule has 0 aromatic carbocycles. The molecule has 0 spiro atoms. The van der Waals surface area contributed by atoms with Gasteiger partial charge in [0.15, 0.2) is 0 Å². The lowest BCUT2D eigenvalue weighted by Crippen LogP contribution is -2.34. The van der Waals surface area contributed by atoms with Crippen LogP contribution in [0.25, 0.3) is 0 Å². The first kappa shape index (κ1) is 17.7. The minimum atomic E-state index is -1.21. The summed E-state index contributed by atoms with van der Waals surface area (Å²) in [5, 5.41) is 5.51. The molecular weight excluding hydrogens is 258 g/mol. The number of hydrogen-bond donors (Lipinski definition) is 2. The number of rotatable bonds is 11. The van der Waals surface area contributed by atoms with Crippen LogP contribution in [0.1, 0.15) is 13.8 Å². The Morgan fingerprint density at radius 3 is 2.72 bits per heavy atom. The molecule has 1 amide bonds. The van der Waals surface area contributed by atoms with Crippen LogP contribution in [-0.4, -0.2) is 57.4 Å². The molecule has 0 heterocycles. The summed E-state index contributed by atoms with van der Waals surface area (Å²) in [6, 6.07) is 0. The van der Waals surface area contributed by atoms with Gasteiger partial charge < -0.3 is 20.1 Å². The second-order valence-corrected chi connectivity index (χ2v) is 4.33. The number of carbonyl (C=O) groups is 1. The Labute approximate surface area is 110 Å². The summed E-state index contributed by atoms with van der Waals surface area (Å²) in [7, 11) is 1.94. The van der Waals surface area contributed by atoms with Gasteiger partial charge in [0.1, 0.15) is 6.17 Å². The molecular formula is C11H24FN2O3P. The van der Waals surface area contributed by atoms with Crippen LogP contribution in [0.4, 0.5) is 9.18 Å². The number of likely N-dealkylation sites (N-methyl/N-ethyl adjacent to an activating group) is 1. The number of halogens is 1. The number of carbonyl (C=O) groups excluding carboxylic acids is 1. The van der Waals surface area contributed by atoms with Crippen LogP contribution in [0.5, 0.6) is 0 Å². The molecule has 5 nitrogen and oxygen atoms in total. The number of hydrogen-bond acceptors (Lipinski definition) is 4. The van der Waals surface area contributed by atoms with Gasteiger partial charge in [-0.3, -0.25) is 4.79 Å². The van der Waals surface area contributed by atoms with E-state index >= 15 is 0 Å². The van der Waals surface area contributed by atoms with E-state index in [0.717, 1.165) is 13.1 Å². The van der Waals surface area contributed by atoms with E-state index in [1.54, 1.807) is 6.92 Å². The molecule has 18 heavy (non-hydrogen) atoms. The van der Waals surface area contributed by atoms with Gasteiger partial charge in [0.25, 0.3) is 0 Å². The highest BCUT2D eigenvalue weighted by atomic mass is 31.0. The molecule has 0 fully saturated rings. The highest BCUT2D eigenvalue weighted by Gasteiger charge is 2.16. The molecule has 0 saturated carbocycles. The predicted molar refractivity (Wildman–Crippen MR) is 72.8 cm³/mol. The van der Waals surface area contributed by atoms with Crippen LogP contribution in [0.3, 0.4) is 0 Å². The van der Waals surface area contributed by atoms with Crippen molar-refractivity contribution < 1.29 is 18.7 Å². The van der Waals surface area contributed by atoms with Gasteiger partial charge in [-0.15, -0.1) is 0 Å². The van der Waals surface area contributed by atoms with Gasteiger partial charge in [-0.05, 0) is 22.7 Å². The summed E-state index contributed by atoms with van der Waals surface area (Å²) in [5.74, 6) is 0. The second-order valence-electron chi connectivity index (χ2n) is 3.80. The molecule has 0 aliphatic rings. The Morgan fingerprint density at radius 2 is 2.11 bits per heavy atom. The third-order valence-corrected chi connectivity index (χ3v) is 2.47. The van der Waals surface area contributed by atoms with E-state index in [2.05, 4.69) is 10.6 Å². The highest BCUT2D eigenvalue weighted by Crippen LogP contribution is 2.03. The molecule has 0 aliphatic carbocycles. The van der Waals surface area contributed by atoms with Crippen LogP contribution in [0.2, 0.25) is 0 Å². The van der Waals surface area contributed by atoms with E-state index < -0.39 is 12.3 Å². The zero-order chi connectivity index (χ0) is 13.8.